The Morgan fingerprint density at radius 1 is 0.966 bits per heavy atom. The number of nitrogens with one attached hydrogen (secondary N) is 2. The molecule has 3 rings (SSSR count). The molecular weight excluding hydrogens is 368 g/mol. The average Bonchev–Trinajstić information content (AvgIpc) is 2.74. The van der Waals surface area contributed by atoms with Crippen molar-refractivity contribution < 1.29 is 14.3 Å². The minimum Gasteiger partial charge on any atom is -0.462 e. The Morgan fingerprint density at radius 3 is 2.31 bits per heavy atom. The lowest BCUT2D eigenvalue weighted by Gasteiger charge is -2.09. The fourth-order valence-corrected chi connectivity index (χ4v) is 2.63. The van der Waals surface area contributed by atoms with Gasteiger partial charge in [-0.25, -0.2) is 14.8 Å². The van der Waals surface area contributed by atoms with Crippen molar-refractivity contribution in [2.24, 2.45) is 0 Å². The van der Waals surface area contributed by atoms with Crippen LogP contribution in [0.5, 0.6) is 0 Å². The molecule has 148 valence electrons. The number of esters is 1. The number of carbonyl (C=O) groups is 2. The third-order valence-electron chi connectivity index (χ3n) is 4.27. The maximum absolute atomic E-state index is 12.4. The van der Waals surface area contributed by atoms with E-state index < -0.39 is 5.97 Å². The van der Waals surface area contributed by atoms with Crippen LogP contribution in [0.1, 0.15) is 38.8 Å². The number of ether oxygens (including phenoxy) is 1. The van der Waals surface area contributed by atoms with Gasteiger partial charge < -0.3 is 15.4 Å². The molecule has 0 aliphatic carbocycles. The van der Waals surface area contributed by atoms with Gasteiger partial charge in [-0.1, -0.05) is 24.3 Å². The number of hydrogen-bond donors (Lipinski definition) is 2. The smallest absolute Gasteiger partial charge is 0.338 e. The average molecular weight is 390 g/mol. The van der Waals surface area contributed by atoms with Crippen molar-refractivity contribution in [2.45, 2.75) is 20.4 Å². The van der Waals surface area contributed by atoms with Gasteiger partial charge in [0.25, 0.3) is 5.91 Å². The number of amides is 1. The third kappa shape index (κ3) is 5.38. The molecule has 0 unspecified atom stereocenters. The fourth-order valence-electron chi connectivity index (χ4n) is 2.63. The molecular formula is C22H22N4O3. The predicted molar refractivity (Wildman–Crippen MR) is 111 cm³/mol. The minimum absolute atomic E-state index is 0.313. The van der Waals surface area contributed by atoms with E-state index in [9.17, 15) is 9.59 Å². The van der Waals surface area contributed by atoms with Crippen molar-refractivity contribution >= 4 is 23.5 Å². The molecule has 1 aromatic heterocycles. The summed E-state index contributed by atoms with van der Waals surface area (Å²) in [5, 5.41) is 5.90. The number of benzene rings is 2. The summed E-state index contributed by atoms with van der Waals surface area (Å²) in [6.07, 6.45) is 2.94. The van der Waals surface area contributed by atoms with E-state index in [4.69, 9.17) is 4.74 Å². The number of carbonyl (C=O) groups excluding carboxylic acids is 2. The van der Waals surface area contributed by atoms with Gasteiger partial charge in [-0.2, -0.15) is 0 Å². The SMILES string of the molecule is CCOC(=O)c1ccc(NC(=O)c2cnc(NCc3ccccc3C)nc2)cc1. The van der Waals surface area contributed by atoms with Crippen LogP contribution >= 0.6 is 0 Å². The molecule has 1 heterocycles. The Kier molecular flexibility index (Phi) is 6.52. The zero-order valence-electron chi connectivity index (χ0n) is 16.3. The summed E-state index contributed by atoms with van der Waals surface area (Å²) in [5.41, 5.74) is 3.66. The van der Waals surface area contributed by atoms with Crippen molar-refractivity contribution in [1.29, 1.82) is 0 Å². The van der Waals surface area contributed by atoms with Gasteiger partial charge in [0.15, 0.2) is 0 Å². The Labute approximate surface area is 169 Å². The van der Waals surface area contributed by atoms with E-state index in [0.29, 0.717) is 35.9 Å². The lowest BCUT2D eigenvalue weighted by molar-refractivity contribution is 0.0526. The molecule has 2 N–H and O–H groups in total. The van der Waals surface area contributed by atoms with Crippen LogP contribution in [0.2, 0.25) is 0 Å². The molecule has 0 fully saturated rings. The van der Waals surface area contributed by atoms with E-state index in [1.54, 1.807) is 31.2 Å². The molecule has 7 nitrogen and oxygen atoms in total. The van der Waals surface area contributed by atoms with Gasteiger partial charge in [0, 0.05) is 24.6 Å². The lowest BCUT2D eigenvalue weighted by atomic mass is 10.1. The molecule has 0 bridgehead atoms. The highest BCUT2D eigenvalue weighted by Gasteiger charge is 2.10. The lowest BCUT2D eigenvalue weighted by Crippen LogP contribution is -2.14. The van der Waals surface area contributed by atoms with Crippen LogP contribution < -0.4 is 10.6 Å². The van der Waals surface area contributed by atoms with Crippen LogP contribution in [0.4, 0.5) is 11.6 Å². The van der Waals surface area contributed by atoms with E-state index in [0.717, 1.165) is 5.56 Å². The van der Waals surface area contributed by atoms with Crippen LogP contribution in [0.3, 0.4) is 0 Å². The van der Waals surface area contributed by atoms with E-state index >= 15 is 0 Å². The van der Waals surface area contributed by atoms with Crippen molar-refractivity contribution in [2.75, 3.05) is 17.2 Å². The molecule has 7 heteroatoms. The summed E-state index contributed by atoms with van der Waals surface area (Å²) in [6, 6.07) is 14.5. The van der Waals surface area contributed by atoms with Gasteiger partial charge in [-0.05, 0) is 49.2 Å². The number of anilines is 2. The van der Waals surface area contributed by atoms with Crippen LogP contribution in [0, 0.1) is 6.92 Å². The molecule has 2 aromatic carbocycles. The summed E-state index contributed by atoms with van der Waals surface area (Å²) in [5.74, 6) is -0.282. The zero-order valence-corrected chi connectivity index (χ0v) is 16.3. The van der Waals surface area contributed by atoms with E-state index in [1.807, 2.05) is 31.2 Å². The van der Waals surface area contributed by atoms with Crippen molar-refractivity contribution in [3.05, 3.63) is 83.2 Å². The summed E-state index contributed by atoms with van der Waals surface area (Å²) >= 11 is 0. The second-order valence-electron chi connectivity index (χ2n) is 6.33. The molecule has 0 atom stereocenters. The second-order valence-corrected chi connectivity index (χ2v) is 6.33. The first-order valence-corrected chi connectivity index (χ1v) is 9.25. The number of aryl methyl sites for hydroxylation is 1. The van der Waals surface area contributed by atoms with Crippen molar-refractivity contribution in [3.63, 3.8) is 0 Å². The second kappa shape index (κ2) is 9.45. The standard InChI is InChI=1S/C22H22N4O3/c1-3-29-21(28)16-8-10-19(11-9-16)26-20(27)18-13-24-22(25-14-18)23-12-17-7-5-4-6-15(17)2/h4-11,13-14H,3,12H2,1-2H3,(H,26,27)(H,23,24,25). The molecule has 3 aromatic rings. The van der Waals surface area contributed by atoms with Gasteiger partial charge in [-0.3, -0.25) is 4.79 Å². The van der Waals surface area contributed by atoms with Crippen LogP contribution in [0.15, 0.2) is 60.9 Å². The Bertz CT molecular complexity index is 986. The third-order valence-corrected chi connectivity index (χ3v) is 4.27. The van der Waals surface area contributed by atoms with Crippen molar-refractivity contribution in [1.82, 2.24) is 9.97 Å². The first-order chi connectivity index (χ1) is 14.1. The highest BCUT2D eigenvalue weighted by atomic mass is 16.5. The number of nitrogens with zero attached hydrogens (tertiary/aromatic N) is 2. The van der Waals surface area contributed by atoms with Gasteiger partial charge in [0.1, 0.15) is 0 Å². The molecule has 0 saturated heterocycles. The minimum atomic E-state index is -0.396. The van der Waals surface area contributed by atoms with Gasteiger partial charge in [0.2, 0.25) is 5.95 Å². The first-order valence-electron chi connectivity index (χ1n) is 9.25. The summed E-state index contributed by atoms with van der Waals surface area (Å²) in [4.78, 5) is 32.4. The quantitative estimate of drug-likeness (QED) is 0.596. The summed E-state index contributed by atoms with van der Waals surface area (Å²) in [7, 11) is 0. The van der Waals surface area contributed by atoms with Gasteiger partial charge in [0.05, 0.1) is 17.7 Å². The topological polar surface area (TPSA) is 93.2 Å². The molecule has 0 radical (unpaired) electrons. The van der Waals surface area contributed by atoms with E-state index in [1.165, 1.54) is 18.0 Å². The largest absolute Gasteiger partial charge is 0.462 e. The maximum Gasteiger partial charge on any atom is 0.338 e. The zero-order chi connectivity index (χ0) is 20.6. The van der Waals surface area contributed by atoms with Crippen LogP contribution in [-0.2, 0) is 11.3 Å². The molecule has 29 heavy (non-hydrogen) atoms. The number of aromatic nitrogens is 2. The molecule has 1 amide bonds. The maximum atomic E-state index is 12.4. The van der Waals surface area contributed by atoms with Gasteiger partial charge in [-0.15, -0.1) is 0 Å². The predicted octanol–water partition coefficient (Wildman–Crippen LogP) is 3.83. The highest BCUT2D eigenvalue weighted by Crippen LogP contribution is 2.13. The molecule has 0 saturated carbocycles. The first kappa shape index (κ1) is 20.0. The highest BCUT2D eigenvalue weighted by molar-refractivity contribution is 6.04. The Balaban J connectivity index is 1.57. The fraction of sp³-hybridized carbons (Fsp3) is 0.182. The molecule has 0 aliphatic rings. The van der Waals surface area contributed by atoms with Gasteiger partial charge >= 0.3 is 5.97 Å². The monoisotopic (exact) mass is 390 g/mol. The number of hydrogen-bond acceptors (Lipinski definition) is 6. The molecule has 0 spiro atoms. The molecule has 0 aliphatic heterocycles. The van der Waals surface area contributed by atoms with Crippen LogP contribution in [-0.4, -0.2) is 28.5 Å². The Morgan fingerprint density at radius 2 is 1.66 bits per heavy atom. The number of rotatable bonds is 7. The summed E-state index contributed by atoms with van der Waals surface area (Å²) < 4.78 is 4.94. The van der Waals surface area contributed by atoms with Crippen LogP contribution in [0.25, 0.3) is 0 Å². The normalized spacial score (nSPS) is 10.3. The van der Waals surface area contributed by atoms with E-state index in [-0.39, 0.29) is 5.91 Å². The van der Waals surface area contributed by atoms with E-state index in [2.05, 4.69) is 20.6 Å². The summed E-state index contributed by atoms with van der Waals surface area (Å²) in [6.45, 7) is 4.71. The Hall–Kier alpha value is -3.74. The van der Waals surface area contributed by atoms with Crippen molar-refractivity contribution in [3.8, 4) is 0 Å².